The summed E-state index contributed by atoms with van der Waals surface area (Å²) in [4.78, 5) is 19.4. The van der Waals surface area contributed by atoms with Gasteiger partial charge in [-0.15, -0.1) is 11.3 Å². The van der Waals surface area contributed by atoms with Gasteiger partial charge in [0, 0.05) is 47.7 Å². The summed E-state index contributed by atoms with van der Waals surface area (Å²) in [5.74, 6) is 0.113. The Morgan fingerprint density at radius 3 is 2.62 bits per heavy atom. The summed E-state index contributed by atoms with van der Waals surface area (Å²) >= 11 is 1.66. The van der Waals surface area contributed by atoms with E-state index >= 15 is 4.39 Å². The van der Waals surface area contributed by atoms with Crippen molar-refractivity contribution in [1.82, 2.24) is 35.5 Å². The van der Waals surface area contributed by atoms with Gasteiger partial charge in [-0.05, 0) is 54.4 Å². The predicted molar refractivity (Wildman–Crippen MR) is 157 cm³/mol. The van der Waals surface area contributed by atoms with Crippen molar-refractivity contribution in [2.24, 2.45) is 0 Å². The molecule has 7 rings (SSSR count). The van der Waals surface area contributed by atoms with Crippen LogP contribution in [0.1, 0.15) is 16.0 Å². The highest BCUT2D eigenvalue weighted by atomic mass is 32.1. The first-order valence-corrected chi connectivity index (χ1v) is 13.7. The fraction of sp³-hybridized carbons (Fsp3) is 0.0968. The van der Waals surface area contributed by atoms with Crippen LogP contribution in [0.2, 0.25) is 0 Å². The summed E-state index contributed by atoms with van der Waals surface area (Å²) in [6.45, 7) is 3.42. The van der Waals surface area contributed by atoms with Gasteiger partial charge in [0.25, 0.3) is 0 Å². The van der Waals surface area contributed by atoms with E-state index in [0.29, 0.717) is 40.1 Å². The molecular weight excluding hydrogens is 521 g/mol. The highest BCUT2D eigenvalue weighted by molar-refractivity contribution is 7.15. The van der Waals surface area contributed by atoms with Gasteiger partial charge in [-0.3, -0.25) is 15.1 Å². The maximum atomic E-state index is 16.2. The first kappa shape index (κ1) is 24.3. The van der Waals surface area contributed by atoms with E-state index in [1.54, 1.807) is 36.0 Å². The maximum Gasteiger partial charge on any atom is 0.159 e. The van der Waals surface area contributed by atoms with Crippen molar-refractivity contribution >= 4 is 33.3 Å². The molecule has 0 atom stereocenters. The number of thiophene rings is 1. The van der Waals surface area contributed by atoms with Crippen LogP contribution in [-0.2, 0) is 13.1 Å². The van der Waals surface area contributed by atoms with E-state index in [0.717, 1.165) is 33.7 Å². The average molecular weight is 546 g/mol. The van der Waals surface area contributed by atoms with E-state index in [9.17, 15) is 0 Å². The van der Waals surface area contributed by atoms with E-state index in [1.165, 1.54) is 10.4 Å². The fourth-order valence-corrected chi connectivity index (χ4v) is 5.80. The Kier molecular flexibility index (Phi) is 6.14. The highest BCUT2D eigenvalue weighted by Crippen LogP contribution is 2.36. The molecule has 0 fully saturated rings. The molecule has 3 N–H and O–H groups in total. The Hall–Kier alpha value is -4.73. The standard InChI is InChI=1S/C31H24FN7S/c1-18-7-10-25(40-18)29-28-24(11-12-35-29)36-31(37-28)30-26-23(38-39-30)9-8-22(27(26)32)21-13-20(16-34-17-21)15-33-14-19-5-3-2-4-6-19/h2-13,16-17,33H,14-15H2,1H3,(H,36,37)(H,38,39). The lowest BCUT2D eigenvalue weighted by molar-refractivity contribution is 0.643. The molecule has 0 radical (unpaired) electrons. The molecule has 0 aliphatic carbocycles. The van der Waals surface area contributed by atoms with Gasteiger partial charge in [-0.2, -0.15) is 5.10 Å². The minimum Gasteiger partial charge on any atom is -0.336 e. The monoisotopic (exact) mass is 545 g/mol. The van der Waals surface area contributed by atoms with Crippen molar-refractivity contribution in [2.45, 2.75) is 20.0 Å². The number of benzene rings is 2. The summed E-state index contributed by atoms with van der Waals surface area (Å²) in [5.41, 5.74) is 6.70. The molecule has 5 aromatic heterocycles. The van der Waals surface area contributed by atoms with Crippen molar-refractivity contribution in [1.29, 1.82) is 0 Å². The molecule has 0 saturated carbocycles. The van der Waals surface area contributed by atoms with Crippen molar-refractivity contribution in [3.05, 3.63) is 107 Å². The molecule has 0 aliphatic rings. The molecule has 0 bridgehead atoms. The number of hydrogen-bond acceptors (Lipinski definition) is 6. The van der Waals surface area contributed by atoms with E-state index in [4.69, 9.17) is 4.98 Å². The second-order valence-corrected chi connectivity index (χ2v) is 10.9. The summed E-state index contributed by atoms with van der Waals surface area (Å²) in [6.07, 6.45) is 5.24. The zero-order valence-corrected chi connectivity index (χ0v) is 22.4. The fourth-order valence-electron chi connectivity index (χ4n) is 4.94. The Balaban J connectivity index is 1.23. The van der Waals surface area contributed by atoms with Gasteiger partial charge in [0.05, 0.1) is 21.3 Å². The first-order valence-electron chi connectivity index (χ1n) is 12.9. The third-order valence-electron chi connectivity index (χ3n) is 6.87. The van der Waals surface area contributed by atoms with Crippen molar-refractivity contribution in [3.63, 3.8) is 0 Å². The number of fused-ring (bicyclic) bond motifs is 2. The molecular formula is C31H24FN7S. The van der Waals surface area contributed by atoms with Crippen molar-refractivity contribution in [2.75, 3.05) is 0 Å². The zero-order valence-electron chi connectivity index (χ0n) is 21.6. The molecule has 0 unspecified atom stereocenters. The van der Waals surface area contributed by atoms with Crippen LogP contribution in [0.3, 0.4) is 0 Å². The Bertz CT molecular complexity index is 1970. The van der Waals surface area contributed by atoms with Crippen LogP contribution in [0.15, 0.2) is 85.3 Å². The number of aromatic nitrogens is 6. The molecule has 196 valence electrons. The summed E-state index contributed by atoms with van der Waals surface area (Å²) in [7, 11) is 0. The lowest BCUT2D eigenvalue weighted by atomic mass is 10.0. The van der Waals surface area contributed by atoms with Crippen LogP contribution in [-0.4, -0.2) is 30.1 Å². The van der Waals surface area contributed by atoms with Gasteiger partial charge in [0.1, 0.15) is 22.7 Å². The minimum atomic E-state index is -0.370. The van der Waals surface area contributed by atoms with Crippen LogP contribution in [0, 0.1) is 12.7 Å². The lowest BCUT2D eigenvalue weighted by Gasteiger charge is -2.09. The number of nitrogens with one attached hydrogen (secondary N) is 3. The summed E-state index contributed by atoms with van der Waals surface area (Å²) in [6, 6.07) is 21.8. The summed E-state index contributed by atoms with van der Waals surface area (Å²) in [5, 5.41) is 11.2. The normalized spacial score (nSPS) is 11.6. The topological polar surface area (TPSA) is 95.2 Å². The first-order chi connectivity index (χ1) is 19.6. The maximum absolute atomic E-state index is 16.2. The van der Waals surface area contributed by atoms with Gasteiger partial charge in [-0.25, -0.2) is 9.37 Å². The molecule has 0 spiro atoms. The largest absolute Gasteiger partial charge is 0.336 e. The minimum absolute atomic E-state index is 0.370. The highest BCUT2D eigenvalue weighted by Gasteiger charge is 2.21. The number of aryl methyl sites for hydroxylation is 1. The predicted octanol–water partition coefficient (Wildman–Crippen LogP) is 7.03. The van der Waals surface area contributed by atoms with Crippen LogP contribution in [0.25, 0.3) is 55.2 Å². The van der Waals surface area contributed by atoms with E-state index < -0.39 is 0 Å². The molecule has 9 heteroatoms. The zero-order chi connectivity index (χ0) is 27.1. The number of imidazole rings is 1. The third-order valence-corrected chi connectivity index (χ3v) is 7.88. The number of aromatic amines is 2. The smallest absolute Gasteiger partial charge is 0.159 e. The van der Waals surface area contributed by atoms with Gasteiger partial charge < -0.3 is 10.3 Å². The van der Waals surface area contributed by atoms with Crippen LogP contribution in [0.5, 0.6) is 0 Å². The second-order valence-electron chi connectivity index (χ2n) is 9.64. The number of H-pyrrole nitrogens is 2. The molecule has 5 heterocycles. The molecule has 0 aliphatic heterocycles. The molecule has 0 amide bonds. The number of hydrogen-bond donors (Lipinski definition) is 3. The Labute approximate surface area is 233 Å². The molecule has 40 heavy (non-hydrogen) atoms. The van der Waals surface area contributed by atoms with Gasteiger partial charge >= 0.3 is 0 Å². The second kappa shape index (κ2) is 10.1. The number of nitrogens with zero attached hydrogens (tertiary/aromatic N) is 4. The van der Waals surface area contributed by atoms with Gasteiger partial charge in [-0.1, -0.05) is 30.3 Å². The van der Waals surface area contributed by atoms with Gasteiger partial charge in [0.2, 0.25) is 0 Å². The van der Waals surface area contributed by atoms with Gasteiger partial charge in [0.15, 0.2) is 5.82 Å². The van der Waals surface area contributed by atoms with Crippen LogP contribution >= 0.6 is 11.3 Å². The molecule has 7 aromatic rings. The third kappa shape index (κ3) is 4.45. The molecule has 7 nitrogen and oxygen atoms in total. The van der Waals surface area contributed by atoms with Crippen molar-refractivity contribution < 1.29 is 4.39 Å². The molecule has 0 saturated heterocycles. The summed E-state index contributed by atoms with van der Waals surface area (Å²) < 4.78 is 16.2. The average Bonchev–Trinajstić information content (AvgIpc) is 3.72. The number of halogens is 1. The van der Waals surface area contributed by atoms with E-state index in [2.05, 4.69) is 55.6 Å². The van der Waals surface area contributed by atoms with E-state index in [1.807, 2.05) is 42.5 Å². The number of pyridine rings is 2. The quantitative estimate of drug-likeness (QED) is 0.200. The Morgan fingerprint density at radius 2 is 1.77 bits per heavy atom. The SMILES string of the molecule is Cc1ccc(-c2nccc3[nH]c(-c4n[nH]c5ccc(-c6cncc(CNCc7ccccc7)c6)c(F)c45)nc23)s1. The Morgan fingerprint density at radius 1 is 0.900 bits per heavy atom. The van der Waals surface area contributed by atoms with Crippen molar-refractivity contribution in [3.8, 4) is 33.2 Å². The lowest BCUT2D eigenvalue weighted by Crippen LogP contribution is -2.12. The van der Waals surface area contributed by atoms with Crippen LogP contribution < -0.4 is 5.32 Å². The van der Waals surface area contributed by atoms with Crippen LogP contribution in [0.4, 0.5) is 4.39 Å². The number of rotatable bonds is 7. The van der Waals surface area contributed by atoms with E-state index in [-0.39, 0.29) is 5.82 Å². The molecule has 2 aromatic carbocycles.